The number of rotatable bonds is 6. The van der Waals surface area contributed by atoms with Gasteiger partial charge in [-0.2, -0.15) is 0 Å². The van der Waals surface area contributed by atoms with Gasteiger partial charge in [0.25, 0.3) is 5.91 Å². The summed E-state index contributed by atoms with van der Waals surface area (Å²) in [5.41, 5.74) is 1.75. The second kappa shape index (κ2) is 6.97. The molecule has 9 nitrogen and oxygen atoms in total. The number of thioether (sulfide) groups is 1. The summed E-state index contributed by atoms with van der Waals surface area (Å²) in [7, 11) is 0. The fourth-order valence-electron chi connectivity index (χ4n) is 2.93. The van der Waals surface area contributed by atoms with Crippen molar-refractivity contribution < 1.29 is 24.4 Å². The van der Waals surface area contributed by atoms with Gasteiger partial charge in [0.15, 0.2) is 18.9 Å². The molecule has 2 aliphatic heterocycles. The van der Waals surface area contributed by atoms with E-state index in [4.69, 9.17) is 0 Å². The van der Waals surface area contributed by atoms with Gasteiger partial charge in [0.2, 0.25) is 0 Å². The minimum absolute atomic E-state index is 0.0133. The van der Waals surface area contributed by atoms with E-state index < -0.39 is 5.97 Å². The number of nitrogens with zero attached hydrogens (tertiary/aromatic N) is 5. The average molecular weight is 385 g/mol. The molecule has 0 aromatic carbocycles. The van der Waals surface area contributed by atoms with Gasteiger partial charge in [-0.3, -0.25) is 9.69 Å². The van der Waals surface area contributed by atoms with Crippen LogP contribution in [0.3, 0.4) is 0 Å². The van der Waals surface area contributed by atoms with E-state index in [9.17, 15) is 19.8 Å². The van der Waals surface area contributed by atoms with Crippen LogP contribution in [0, 0.1) is 0 Å². The molecular weight excluding hydrogens is 370 g/mol. The van der Waals surface area contributed by atoms with Crippen molar-refractivity contribution >= 4 is 29.7 Å². The van der Waals surface area contributed by atoms with E-state index in [0.29, 0.717) is 24.4 Å². The van der Waals surface area contributed by atoms with Crippen LogP contribution < -0.4 is 9.67 Å². The van der Waals surface area contributed by atoms with Gasteiger partial charge in [-0.15, -0.1) is 16.9 Å². The molecule has 27 heavy (non-hydrogen) atoms. The maximum Gasteiger partial charge on any atom is 0.258 e. The first kappa shape index (κ1) is 17.4. The van der Waals surface area contributed by atoms with Gasteiger partial charge in [0.05, 0.1) is 30.0 Å². The molecule has 1 N–H and O–H groups in total. The van der Waals surface area contributed by atoms with Crippen LogP contribution in [0.5, 0.6) is 0 Å². The van der Waals surface area contributed by atoms with Crippen LogP contribution in [0.15, 0.2) is 47.4 Å². The third kappa shape index (κ3) is 3.24. The minimum Gasteiger partial charge on any atom is -0.543 e. The molecule has 1 saturated heterocycles. The third-order valence-electron chi connectivity index (χ3n) is 4.29. The zero-order valence-electron chi connectivity index (χ0n) is 14.1. The van der Waals surface area contributed by atoms with Crippen LogP contribution in [0.1, 0.15) is 11.3 Å². The lowest BCUT2D eigenvalue weighted by molar-refractivity contribution is -0.698. The number of hydrogen-bond donors (Lipinski definition) is 1. The van der Waals surface area contributed by atoms with Gasteiger partial charge in [0, 0.05) is 11.6 Å². The Labute approximate surface area is 158 Å². The molecule has 0 radical (unpaired) electrons. The Hall–Kier alpha value is -2.98. The van der Waals surface area contributed by atoms with Gasteiger partial charge in [-0.1, -0.05) is 5.21 Å². The van der Waals surface area contributed by atoms with E-state index in [0.717, 1.165) is 5.56 Å². The van der Waals surface area contributed by atoms with Crippen molar-refractivity contribution in [2.75, 3.05) is 0 Å². The third-order valence-corrected chi connectivity index (χ3v) is 5.37. The number of carboxylic acid groups (broad SMARTS) is 1. The molecule has 0 saturated carbocycles. The van der Waals surface area contributed by atoms with Crippen molar-refractivity contribution in [3.05, 3.63) is 58.7 Å². The molecule has 2 aliphatic rings. The largest absolute Gasteiger partial charge is 0.543 e. The molecule has 2 aromatic heterocycles. The van der Waals surface area contributed by atoms with Crippen LogP contribution in [0.25, 0.3) is 6.08 Å². The van der Waals surface area contributed by atoms with E-state index >= 15 is 0 Å². The quantitative estimate of drug-likeness (QED) is 0.371. The highest BCUT2D eigenvalue weighted by atomic mass is 32.2. The molecule has 10 heteroatoms. The van der Waals surface area contributed by atoms with E-state index in [1.807, 2.05) is 29.1 Å². The molecule has 0 aliphatic carbocycles. The van der Waals surface area contributed by atoms with E-state index in [1.165, 1.54) is 22.1 Å². The van der Waals surface area contributed by atoms with E-state index in [2.05, 4.69) is 10.3 Å². The standard InChI is InChI=1S/C17H15N5O4S/c23-9-11-2-1-3-20(7-11)4-5-21-8-12(18-19-21)6-13-15(24)22-14(17(25)26)10-27-16(13)22/h1-3,6-8,10,16,23H,4-5,9H2/b13-6-/t16-/m1/s1. The van der Waals surface area contributed by atoms with Crippen LogP contribution in [0.2, 0.25) is 0 Å². The number of β-lactam (4-membered cyclic amide) rings is 1. The Kier molecular flexibility index (Phi) is 4.50. The second-order valence-corrected chi connectivity index (χ2v) is 7.02. The predicted molar refractivity (Wildman–Crippen MR) is 91.9 cm³/mol. The molecule has 1 atom stereocenters. The number of carbonyl (C=O) groups excluding carboxylic acids is 2. The fourth-order valence-corrected chi connectivity index (χ4v) is 4.05. The number of aliphatic hydroxyl groups is 1. The van der Waals surface area contributed by atoms with Gasteiger partial charge in [0.1, 0.15) is 17.6 Å². The van der Waals surface area contributed by atoms with Crippen molar-refractivity contribution in [2.24, 2.45) is 0 Å². The summed E-state index contributed by atoms with van der Waals surface area (Å²) in [5, 5.41) is 29.3. The van der Waals surface area contributed by atoms with Gasteiger partial charge in [-0.05, 0) is 17.6 Å². The first-order chi connectivity index (χ1) is 13.1. The molecule has 0 bridgehead atoms. The van der Waals surface area contributed by atoms with Gasteiger partial charge < -0.3 is 15.0 Å². The Morgan fingerprint density at radius 2 is 2.33 bits per heavy atom. The van der Waals surface area contributed by atoms with Crippen LogP contribution in [-0.4, -0.2) is 42.3 Å². The molecular formula is C17H15N5O4S. The Morgan fingerprint density at radius 1 is 1.48 bits per heavy atom. The maximum atomic E-state index is 12.2. The second-order valence-electron chi connectivity index (χ2n) is 6.07. The van der Waals surface area contributed by atoms with Crippen molar-refractivity contribution in [3.8, 4) is 0 Å². The highest BCUT2D eigenvalue weighted by Crippen LogP contribution is 2.44. The molecule has 2 aromatic rings. The monoisotopic (exact) mass is 385 g/mol. The smallest absolute Gasteiger partial charge is 0.258 e. The first-order valence-electron chi connectivity index (χ1n) is 8.18. The topological polar surface area (TPSA) is 115 Å². The SMILES string of the molecule is O=C([O-])C1=CS[C@@H]2/C(=C\c3cn(CC[n+]4cccc(CO)c4)nn3)C(=O)N12. The highest BCUT2D eigenvalue weighted by Gasteiger charge is 2.47. The lowest BCUT2D eigenvalue weighted by atomic mass is 10.0. The lowest BCUT2D eigenvalue weighted by Crippen LogP contribution is -2.52. The number of aryl methyl sites for hydroxylation is 2. The molecule has 0 unspecified atom stereocenters. The number of aliphatic hydroxyl groups excluding tert-OH is 1. The number of aromatic nitrogens is 4. The zero-order chi connectivity index (χ0) is 19.0. The Balaban J connectivity index is 1.41. The number of amides is 1. The normalized spacial score (nSPS) is 19.8. The van der Waals surface area contributed by atoms with Crippen molar-refractivity contribution in [1.82, 2.24) is 19.9 Å². The number of carbonyl (C=O) groups is 2. The number of fused-ring (bicyclic) bond motifs is 1. The number of aliphatic carboxylic acids is 1. The Bertz CT molecular complexity index is 983. The molecule has 138 valence electrons. The molecule has 1 fully saturated rings. The summed E-state index contributed by atoms with van der Waals surface area (Å²) in [6, 6.07) is 3.71. The predicted octanol–water partition coefficient (Wildman–Crippen LogP) is -1.35. The average Bonchev–Trinajstić information content (AvgIpc) is 3.29. The van der Waals surface area contributed by atoms with Crippen LogP contribution in [-0.2, 0) is 29.3 Å². The summed E-state index contributed by atoms with van der Waals surface area (Å²) in [5.74, 6) is -1.71. The molecule has 1 amide bonds. The van der Waals surface area contributed by atoms with Crippen molar-refractivity contribution in [2.45, 2.75) is 25.1 Å². The van der Waals surface area contributed by atoms with Gasteiger partial charge >= 0.3 is 0 Å². The number of pyridine rings is 1. The minimum atomic E-state index is -1.36. The zero-order valence-corrected chi connectivity index (χ0v) is 14.9. The fraction of sp³-hybridized carbons (Fsp3) is 0.235. The summed E-state index contributed by atoms with van der Waals surface area (Å²) in [6.45, 7) is 1.21. The summed E-state index contributed by atoms with van der Waals surface area (Å²) in [4.78, 5) is 24.4. The number of hydrogen-bond acceptors (Lipinski definition) is 7. The van der Waals surface area contributed by atoms with Crippen LogP contribution in [0.4, 0.5) is 0 Å². The summed E-state index contributed by atoms with van der Waals surface area (Å²) in [6.07, 6.45) is 7.12. The summed E-state index contributed by atoms with van der Waals surface area (Å²) >= 11 is 1.25. The van der Waals surface area contributed by atoms with E-state index in [1.54, 1.807) is 17.0 Å². The molecule has 4 heterocycles. The maximum absolute atomic E-state index is 12.2. The number of carboxylic acids is 1. The van der Waals surface area contributed by atoms with Crippen LogP contribution >= 0.6 is 11.8 Å². The lowest BCUT2D eigenvalue weighted by Gasteiger charge is -2.38. The summed E-state index contributed by atoms with van der Waals surface area (Å²) < 4.78 is 3.61. The first-order valence-corrected chi connectivity index (χ1v) is 9.12. The Morgan fingerprint density at radius 3 is 3.11 bits per heavy atom. The molecule has 4 rings (SSSR count). The van der Waals surface area contributed by atoms with Gasteiger partial charge in [-0.25, -0.2) is 9.25 Å². The molecule has 0 spiro atoms. The van der Waals surface area contributed by atoms with Crippen molar-refractivity contribution in [1.29, 1.82) is 0 Å². The van der Waals surface area contributed by atoms with E-state index in [-0.39, 0.29) is 23.6 Å². The van der Waals surface area contributed by atoms with Crippen molar-refractivity contribution in [3.63, 3.8) is 0 Å². The highest BCUT2D eigenvalue weighted by molar-refractivity contribution is 8.03.